The molecule has 3 saturated carbocycles. The summed E-state index contributed by atoms with van der Waals surface area (Å²) in [5, 5.41) is 15.0. The fourth-order valence-corrected chi connectivity index (χ4v) is 6.37. The first-order chi connectivity index (χ1) is 13.5. The Hall–Kier alpha value is -0.870. The Bertz CT molecular complexity index is 539. The number of allylic oxidation sites excluding steroid dienone is 2. The van der Waals surface area contributed by atoms with Crippen LogP contribution in [0.5, 0.6) is 0 Å². The molecule has 28 heavy (non-hydrogen) atoms. The molecule has 2 unspecified atom stereocenters. The third-order valence-electron chi connectivity index (χ3n) is 7.66. The molecule has 1 N–H and O–H groups in total. The van der Waals surface area contributed by atoms with Gasteiger partial charge in [0.05, 0.1) is 12.3 Å². The molecule has 6 atom stereocenters. The van der Waals surface area contributed by atoms with Gasteiger partial charge in [-0.25, -0.2) is 0 Å². The predicted molar refractivity (Wildman–Crippen MR) is 116 cm³/mol. The van der Waals surface area contributed by atoms with Crippen LogP contribution in [0.15, 0.2) is 16.8 Å². The zero-order chi connectivity index (χ0) is 20.1. The number of nitrogens with zero attached hydrogens (tertiary/aromatic N) is 2. The molecule has 0 heterocycles. The lowest BCUT2D eigenvalue weighted by molar-refractivity contribution is 0.0255. The summed E-state index contributed by atoms with van der Waals surface area (Å²) in [5.41, 5.74) is 1.16. The Morgan fingerprint density at radius 2 is 1.86 bits per heavy atom. The number of hydrogen-bond donors (Lipinski definition) is 1. The molecule has 0 aromatic rings. The van der Waals surface area contributed by atoms with Gasteiger partial charge in [-0.3, -0.25) is 0 Å². The molecular weight excluding hydrogens is 348 g/mol. The SMILES string of the molecule is CC(/C=N/OCCN(C)C)=C\[C@H]1CC(O)[C@H]2C[C@@H](C3CCCCC3)CC(C)[C@@H]21. The fraction of sp³-hybridized carbons (Fsp3) is 0.875. The summed E-state index contributed by atoms with van der Waals surface area (Å²) in [6, 6.07) is 0. The van der Waals surface area contributed by atoms with E-state index in [1.807, 2.05) is 20.3 Å². The third kappa shape index (κ3) is 5.60. The smallest absolute Gasteiger partial charge is 0.129 e. The second-order valence-electron chi connectivity index (χ2n) is 10.1. The van der Waals surface area contributed by atoms with Crippen LogP contribution >= 0.6 is 0 Å². The quantitative estimate of drug-likeness (QED) is 0.388. The van der Waals surface area contributed by atoms with Gasteiger partial charge in [0.25, 0.3) is 0 Å². The van der Waals surface area contributed by atoms with Crippen molar-refractivity contribution in [2.75, 3.05) is 27.2 Å². The summed E-state index contributed by atoms with van der Waals surface area (Å²) >= 11 is 0. The second-order valence-corrected chi connectivity index (χ2v) is 10.1. The Labute approximate surface area is 172 Å². The van der Waals surface area contributed by atoms with Gasteiger partial charge in [-0.1, -0.05) is 50.3 Å². The summed E-state index contributed by atoms with van der Waals surface area (Å²) in [7, 11) is 4.06. The monoisotopic (exact) mass is 390 g/mol. The topological polar surface area (TPSA) is 45.1 Å². The van der Waals surface area contributed by atoms with Crippen LogP contribution in [-0.4, -0.2) is 49.6 Å². The number of oxime groups is 1. The molecule has 0 aromatic carbocycles. The minimum absolute atomic E-state index is 0.124. The van der Waals surface area contributed by atoms with Crippen molar-refractivity contribution in [1.29, 1.82) is 0 Å². The van der Waals surface area contributed by atoms with Gasteiger partial charge >= 0.3 is 0 Å². The van der Waals surface area contributed by atoms with Gasteiger partial charge in [0.15, 0.2) is 0 Å². The molecule has 3 aliphatic carbocycles. The Morgan fingerprint density at radius 3 is 2.57 bits per heavy atom. The minimum atomic E-state index is -0.124. The van der Waals surface area contributed by atoms with E-state index in [2.05, 4.69) is 30.0 Å². The number of aliphatic hydroxyl groups excluding tert-OH is 1. The van der Waals surface area contributed by atoms with E-state index in [0.717, 1.165) is 30.4 Å². The number of likely N-dealkylation sites (N-methyl/N-ethyl adjacent to an activating group) is 1. The van der Waals surface area contributed by atoms with Gasteiger partial charge in [0.1, 0.15) is 6.61 Å². The lowest BCUT2D eigenvalue weighted by Gasteiger charge is -2.43. The molecule has 0 amide bonds. The Balaban J connectivity index is 1.57. The van der Waals surface area contributed by atoms with Crippen LogP contribution in [0, 0.1) is 35.5 Å². The molecule has 0 radical (unpaired) electrons. The zero-order valence-corrected chi connectivity index (χ0v) is 18.5. The largest absolute Gasteiger partial charge is 0.394 e. The molecular formula is C24H42N2O2. The Kier molecular flexibility index (Phi) is 7.99. The molecule has 0 saturated heterocycles. The molecule has 4 heteroatoms. The number of hydrogen-bond acceptors (Lipinski definition) is 4. The van der Waals surface area contributed by atoms with Crippen LogP contribution in [0.25, 0.3) is 0 Å². The van der Waals surface area contributed by atoms with Crippen molar-refractivity contribution in [2.45, 2.75) is 71.3 Å². The van der Waals surface area contributed by atoms with Crippen LogP contribution in [0.3, 0.4) is 0 Å². The summed E-state index contributed by atoms with van der Waals surface area (Å²) in [5.74, 6) is 4.10. The minimum Gasteiger partial charge on any atom is -0.394 e. The van der Waals surface area contributed by atoms with Gasteiger partial charge in [-0.2, -0.15) is 0 Å². The molecule has 3 rings (SSSR count). The average molecular weight is 391 g/mol. The summed E-state index contributed by atoms with van der Waals surface area (Å²) in [4.78, 5) is 7.43. The van der Waals surface area contributed by atoms with E-state index in [9.17, 15) is 5.11 Å². The maximum absolute atomic E-state index is 10.8. The highest BCUT2D eigenvalue weighted by atomic mass is 16.6. The molecule has 0 bridgehead atoms. The third-order valence-corrected chi connectivity index (χ3v) is 7.66. The highest BCUT2D eigenvalue weighted by Crippen LogP contribution is 2.53. The van der Waals surface area contributed by atoms with Crippen LogP contribution in [0.1, 0.15) is 65.2 Å². The lowest BCUT2D eigenvalue weighted by Crippen LogP contribution is -2.37. The van der Waals surface area contributed by atoms with E-state index < -0.39 is 0 Å². The summed E-state index contributed by atoms with van der Waals surface area (Å²) in [6.07, 6.45) is 14.7. The number of fused-ring (bicyclic) bond motifs is 1. The number of aliphatic hydroxyl groups is 1. The summed E-state index contributed by atoms with van der Waals surface area (Å²) < 4.78 is 0. The Morgan fingerprint density at radius 1 is 1.11 bits per heavy atom. The van der Waals surface area contributed by atoms with E-state index in [0.29, 0.717) is 30.3 Å². The van der Waals surface area contributed by atoms with Crippen molar-refractivity contribution in [3.63, 3.8) is 0 Å². The molecule has 3 aliphatic rings. The molecule has 0 aliphatic heterocycles. The zero-order valence-electron chi connectivity index (χ0n) is 18.5. The molecule has 0 spiro atoms. The van der Waals surface area contributed by atoms with Crippen LogP contribution < -0.4 is 0 Å². The lowest BCUT2D eigenvalue weighted by atomic mass is 9.62. The fourth-order valence-electron chi connectivity index (χ4n) is 6.37. The van der Waals surface area contributed by atoms with Gasteiger partial charge < -0.3 is 14.8 Å². The molecule has 160 valence electrons. The van der Waals surface area contributed by atoms with Crippen LogP contribution in [-0.2, 0) is 4.84 Å². The standard InChI is InChI=1S/C24H42N2O2/c1-17(16-25-28-11-10-26(3)4)12-21-15-23(27)22-14-20(13-18(2)24(21)22)19-8-6-5-7-9-19/h12,16,18-24,27H,5-11,13-15H2,1-4H3/b17-12+,25-16+/t18?,20-,21-,22+,23?,24+/m0/s1. The van der Waals surface area contributed by atoms with Crippen molar-refractivity contribution in [2.24, 2.45) is 40.7 Å². The first-order valence-corrected chi connectivity index (χ1v) is 11.6. The maximum Gasteiger partial charge on any atom is 0.129 e. The van der Waals surface area contributed by atoms with Gasteiger partial charge in [-0.05, 0) is 81.4 Å². The normalized spacial score (nSPS) is 37.6. The van der Waals surface area contributed by atoms with E-state index >= 15 is 0 Å². The highest BCUT2D eigenvalue weighted by Gasteiger charge is 2.48. The second kappa shape index (κ2) is 10.2. The van der Waals surface area contributed by atoms with Crippen LogP contribution in [0.4, 0.5) is 0 Å². The maximum atomic E-state index is 10.8. The predicted octanol–water partition coefficient (Wildman–Crippen LogP) is 4.74. The van der Waals surface area contributed by atoms with Crippen LogP contribution in [0.2, 0.25) is 0 Å². The van der Waals surface area contributed by atoms with Crippen molar-refractivity contribution in [3.05, 3.63) is 11.6 Å². The van der Waals surface area contributed by atoms with Gasteiger partial charge in [-0.15, -0.1) is 0 Å². The molecule has 0 aromatic heterocycles. The van der Waals surface area contributed by atoms with Crippen molar-refractivity contribution >= 4 is 6.21 Å². The highest BCUT2D eigenvalue weighted by molar-refractivity contribution is 5.77. The van der Waals surface area contributed by atoms with E-state index in [4.69, 9.17) is 4.84 Å². The van der Waals surface area contributed by atoms with E-state index in [-0.39, 0.29) is 6.10 Å². The first kappa shape index (κ1) is 21.8. The van der Waals surface area contributed by atoms with Crippen molar-refractivity contribution in [3.8, 4) is 0 Å². The molecule has 4 nitrogen and oxygen atoms in total. The van der Waals surface area contributed by atoms with Crippen molar-refractivity contribution < 1.29 is 9.94 Å². The van der Waals surface area contributed by atoms with Crippen molar-refractivity contribution in [1.82, 2.24) is 4.90 Å². The van der Waals surface area contributed by atoms with Gasteiger partial charge in [0.2, 0.25) is 0 Å². The van der Waals surface area contributed by atoms with E-state index in [1.54, 1.807) is 0 Å². The number of rotatable bonds is 7. The average Bonchev–Trinajstić information content (AvgIpc) is 2.97. The summed E-state index contributed by atoms with van der Waals surface area (Å²) in [6.45, 7) is 6.04. The first-order valence-electron chi connectivity index (χ1n) is 11.6. The van der Waals surface area contributed by atoms with Gasteiger partial charge in [0, 0.05) is 6.54 Å². The van der Waals surface area contributed by atoms with E-state index in [1.165, 1.54) is 44.9 Å². The molecule has 3 fully saturated rings.